The summed E-state index contributed by atoms with van der Waals surface area (Å²) in [6, 6.07) is -0.853. The first kappa shape index (κ1) is 66.1. The summed E-state index contributed by atoms with van der Waals surface area (Å²) in [5.74, 6) is -0.222. The van der Waals surface area contributed by atoms with Crippen molar-refractivity contribution in [2.24, 2.45) is 0 Å². The van der Waals surface area contributed by atoms with E-state index in [-0.39, 0.29) is 12.5 Å². The molecule has 13 heteroatoms. The third-order valence-electron chi connectivity index (χ3n) is 14.4. The summed E-state index contributed by atoms with van der Waals surface area (Å²) in [6.07, 6.45) is 45.4. The first-order valence-electron chi connectivity index (χ1n) is 29.4. The van der Waals surface area contributed by atoms with Gasteiger partial charge in [0, 0.05) is 6.42 Å². The van der Waals surface area contributed by atoms with E-state index in [4.69, 9.17) is 9.47 Å². The molecule has 0 aromatic heterocycles. The molecule has 6 N–H and O–H groups in total. The summed E-state index contributed by atoms with van der Waals surface area (Å²) < 4.78 is 47.9. The van der Waals surface area contributed by atoms with Crippen LogP contribution < -0.4 is 5.32 Å². The number of nitrogens with one attached hydrogen (secondary N) is 1. The molecule has 0 aromatic carbocycles. The lowest BCUT2D eigenvalue weighted by Crippen LogP contribution is -2.61. The maximum atomic E-state index is 13.2. The monoisotopic (exact) mass is 1010 g/mol. The minimum absolute atomic E-state index is 0.222. The maximum absolute atomic E-state index is 13.2. The molecule has 12 nitrogen and oxygen atoms in total. The number of hydrogen-bond acceptors (Lipinski definition) is 10. The smallest absolute Gasteiger partial charge is 0.394 e. The molecule has 7 unspecified atom stereocenters. The molecular weight excluding hydrogens is 895 g/mol. The number of ether oxygens (including phenoxy) is 2. The van der Waals surface area contributed by atoms with Crippen molar-refractivity contribution < 1.29 is 51.8 Å². The second-order valence-corrected chi connectivity index (χ2v) is 22.0. The quantitative estimate of drug-likeness (QED) is 0.0251. The minimum atomic E-state index is -5.08. The van der Waals surface area contributed by atoms with Gasteiger partial charge in [0.05, 0.1) is 25.4 Å². The van der Waals surface area contributed by atoms with Gasteiger partial charge in [-0.1, -0.05) is 277 Å². The van der Waals surface area contributed by atoms with E-state index in [1.807, 2.05) is 0 Å². The van der Waals surface area contributed by atoms with Gasteiger partial charge < -0.3 is 35.2 Å². The molecule has 1 fully saturated rings. The molecule has 1 saturated heterocycles. The van der Waals surface area contributed by atoms with Gasteiger partial charge in [-0.15, -0.1) is 0 Å². The highest BCUT2D eigenvalue weighted by Crippen LogP contribution is 2.26. The molecule has 0 radical (unpaired) electrons. The summed E-state index contributed by atoms with van der Waals surface area (Å²) in [7, 11) is -5.08. The first-order chi connectivity index (χ1) is 33.5. The molecule has 0 spiro atoms. The van der Waals surface area contributed by atoms with Gasteiger partial charge in [-0.3, -0.25) is 9.35 Å². The highest BCUT2D eigenvalue weighted by Gasteiger charge is 2.48. The van der Waals surface area contributed by atoms with Crippen molar-refractivity contribution >= 4 is 16.3 Å². The Morgan fingerprint density at radius 1 is 0.522 bits per heavy atom. The maximum Gasteiger partial charge on any atom is 0.397 e. The number of unbranched alkanes of at least 4 members (excludes halogenated alkanes) is 40. The molecule has 1 rings (SSSR count). The summed E-state index contributed by atoms with van der Waals surface area (Å²) >= 11 is 0. The average molecular weight is 1010 g/mol. The number of carbonyl (C=O) groups excluding carboxylic acids is 1. The van der Waals surface area contributed by atoms with Crippen LogP contribution in [0.25, 0.3) is 0 Å². The van der Waals surface area contributed by atoms with Crippen molar-refractivity contribution in [2.45, 2.75) is 339 Å². The highest BCUT2D eigenvalue weighted by molar-refractivity contribution is 7.80. The number of aliphatic hydroxyl groups is 4. The third kappa shape index (κ3) is 39.3. The summed E-state index contributed by atoms with van der Waals surface area (Å²) in [5, 5.41) is 45.1. The zero-order chi connectivity index (χ0) is 50.5. The molecule has 1 aliphatic rings. The first-order valence-corrected chi connectivity index (χ1v) is 30.8. The van der Waals surface area contributed by atoms with Crippen LogP contribution in [0, 0.1) is 0 Å². The third-order valence-corrected chi connectivity index (χ3v) is 14.9. The minimum Gasteiger partial charge on any atom is -0.394 e. The summed E-state index contributed by atoms with van der Waals surface area (Å²) in [5.41, 5.74) is 0. The van der Waals surface area contributed by atoms with Crippen LogP contribution in [0.15, 0.2) is 0 Å². The number of rotatable bonds is 52. The number of carbonyl (C=O) groups is 1. The largest absolute Gasteiger partial charge is 0.397 e. The Morgan fingerprint density at radius 2 is 0.841 bits per heavy atom. The van der Waals surface area contributed by atoms with Crippen molar-refractivity contribution in [3.05, 3.63) is 0 Å². The van der Waals surface area contributed by atoms with Crippen molar-refractivity contribution in [3.63, 3.8) is 0 Å². The second kappa shape index (κ2) is 46.9. The van der Waals surface area contributed by atoms with Gasteiger partial charge in [-0.05, 0) is 12.8 Å². The Labute approximate surface area is 424 Å². The fraction of sp³-hybridized carbons (Fsp3) is 0.982. The van der Waals surface area contributed by atoms with Crippen molar-refractivity contribution in [1.29, 1.82) is 0 Å². The lowest BCUT2D eigenvalue weighted by molar-refractivity contribution is -0.298. The normalized spacial score (nSPS) is 19.6. The van der Waals surface area contributed by atoms with Gasteiger partial charge in [0.1, 0.15) is 24.4 Å². The number of amides is 1. The molecule has 69 heavy (non-hydrogen) atoms. The SMILES string of the molecule is CCCCCCCCCCCCCCCCCCCCCCCCCCC(=O)NC(COC1OC(CO)C(O)C(OS(=O)(=O)O)C1O)C(O)CCCCCCCCCCCCCCCCCCCC. The van der Waals surface area contributed by atoms with E-state index >= 15 is 0 Å². The Balaban J connectivity index is 2.32. The predicted octanol–water partition coefficient (Wildman–Crippen LogP) is 13.7. The highest BCUT2D eigenvalue weighted by atomic mass is 32.3. The zero-order valence-electron chi connectivity index (χ0n) is 44.7. The molecule has 0 aromatic rings. The molecule has 412 valence electrons. The van der Waals surface area contributed by atoms with Gasteiger partial charge in [0.15, 0.2) is 6.29 Å². The fourth-order valence-electron chi connectivity index (χ4n) is 9.88. The van der Waals surface area contributed by atoms with E-state index in [0.29, 0.717) is 12.8 Å². The van der Waals surface area contributed by atoms with Crippen molar-refractivity contribution in [3.8, 4) is 0 Å². The number of aliphatic hydroxyl groups excluding tert-OH is 4. The van der Waals surface area contributed by atoms with E-state index in [1.54, 1.807) is 0 Å². The molecule has 0 bridgehead atoms. The van der Waals surface area contributed by atoms with Gasteiger partial charge in [0.2, 0.25) is 5.91 Å². The zero-order valence-corrected chi connectivity index (χ0v) is 45.5. The van der Waals surface area contributed by atoms with Crippen molar-refractivity contribution in [1.82, 2.24) is 5.32 Å². The van der Waals surface area contributed by atoms with E-state index in [9.17, 15) is 38.2 Å². The summed E-state index contributed by atoms with van der Waals surface area (Å²) in [4.78, 5) is 13.2. The van der Waals surface area contributed by atoms with Crippen LogP contribution in [-0.4, -0.2) is 95.4 Å². The molecule has 1 heterocycles. The van der Waals surface area contributed by atoms with Gasteiger partial charge in [-0.25, -0.2) is 4.18 Å². The Morgan fingerprint density at radius 3 is 1.16 bits per heavy atom. The van der Waals surface area contributed by atoms with Crippen LogP contribution in [0.3, 0.4) is 0 Å². The van der Waals surface area contributed by atoms with Crippen LogP contribution in [0.1, 0.15) is 296 Å². The van der Waals surface area contributed by atoms with E-state index in [0.717, 1.165) is 51.4 Å². The Kier molecular flexibility index (Phi) is 44.9. The fourth-order valence-corrected chi connectivity index (χ4v) is 10.4. The van der Waals surface area contributed by atoms with Crippen LogP contribution >= 0.6 is 0 Å². The van der Waals surface area contributed by atoms with Crippen LogP contribution in [0.4, 0.5) is 0 Å². The van der Waals surface area contributed by atoms with Crippen LogP contribution in [-0.2, 0) is 28.9 Å². The van der Waals surface area contributed by atoms with Gasteiger partial charge >= 0.3 is 10.4 Å². The summed E-state index contributed by atoms with van der Waals surface area (Å²) in [6.45, 7) is 3.51. The molecule has 1 amide bonds. The molecular formula is C56H111NO11S. The van der Waals surface area contributed by atoms with E-state index < -0.39 is 59.9 Å². The Bertz CT molecular complexity index is 1230. The molecule has 0 aliphatic carbocycles. The number of hydrogen-bond donors (Lipinski definition) is 6. The lowest BCUT2D eigenvalue weighted by atomic mass is 9.99. The van der Waals surface area contributed by atoms with Crippen LogP contribution in [0.2, 0.25) is 0 Å². The topological polar surface area (TPSA) is 192 Å². The van der Waals surface area contributed by atoms with E-state index in [1.165, 1.54) is 218 Å². The van der Waals surface area contributed by atoms with E-state index in [2.05, 4.69) is 23.3 Å². The molecule has 1 aliphatic heterocycles. The average Bonchev–Trinajstić information content (AvgIpc) is 3.32. The van der Waals surface area contributed by atoms with Crippen LogP contribution in [0.5, 0.6) is 0 Å². The van der Waals surface area contributed by atoms with Crippen molar-refractivity contribution in [2.75, 3.05) is 13.2 Å². The predicted molar refractivity (Wildman–Crippen MR) is 283 cm³/mol. The molecule has 0 saturated carbocycles. The Hall–Kier alpha value is -0.900. The second-order valence-electron chi connectivity index (χ2n) is 21.0. The standard InChI is InChI=1S/C56H111NO11S/c1-3-5-7-9-11-13-15-17-19-21-23-24-25-26-27-28-30-32-34-36-38-40-42-44-46-52(60)57-49(48-66-56-54(62)55(68-69(63,64)65)53(61)51(47-58)67-56)50(59)45-43-41-39-37-35-33-31-29-22-20-18-16-14-12-10-8-6-4-2/h49-51,53-56,58-59,61-62H,3-48H2,1-2H3,(H,57,60)(H,63,64,65). The van der Waals surface area contributed by atoms with Gasteiger partial charge in [-0.2, -0.15) is 8.42 Å². The lowest BCUT2D eigenvalue weighted by Gasteiger charge is -2.41. The molecule has 7 atom stereocenters. The van der Waals surface area contributed by atoms with Gasteiger partial charge in [0.25, 0.3) is 0 Å².